The van der Waals surface area contributed by atoms with Crippen LogP contribution in [0.5, 0.6) is 5.75 Å². The number of nitrogens with one attached hydrogen (secondary N) is 1. The maximum Gasteiger partial charge on any atom is 0.208 e. The van der Waals surface area contributed by atoms with Crippen LogP contribution in [0.1, 0.15) is 31.4 Å². The van der Waals surface area contributed by atoms with E-state index in [-0.39, 0.29) is 12.1 Å². The lowest BCUT2D eigenvalue weighted by molar-refractivity contribution is 0.154. The molecule has 2 atom stereocenters. The van der Waals surface area contributed by atoms with E-state index in [2.05, 4.69) is 16.5 Å². The summed E-state index contributed by atoms with van der Waals surface area (Å²) in [5.74, 6) is 0.660. The van der Waals surface area contributed by atoms with Crippen LogP contribution in [0.25, 0.3) is 0 Å². The molecule has 22 heavy (non-hydrogen) atoms. The quantitative estimate of drug-likeness (QED) is 0.889. The number of likely N-dealkylation sites (tertiary alicyclic amines) is 1. The molecule has 1 aliphatic heterocycles. The fourth-order valence-corrected chi connectivity index (χ4v) is 3.97. The van der Waals surface area contributed by atoms with E-state index >= 15 is 0 Å². The molecule has 2 rings (SSSR count). The molecule has 0 spiro atoms. The Bertz CT molecular complexity index is 621. The van der Waals surface area contributed by atoms with Crippen LogP contribution >= 0.6 is 11.6 Å². The van der Waals surface area contributed by atoms with Crippen molar-refractivity contribution < 1.29 is 13.2 Å². The Hall–Kier alpha value is -0.820. The van der Waals surface area contributed by atoms with Crippen molar-refractivity contribution in [1.82, 2.24) is 9.62 Å². The number of hydrogen-bond donors (Lipinski definition) is 1. The number of piperidine rings is 1. The third kappa shape index (κ3) is 4.59. The number of halogens is 1. The minimum absolute atomic E-state index is 0.0279. The molecule has 1 heterocycles. The Morgan fingerprint density at radius 3 is 2.77 bits per heavy atom. The molecule has 0 unspecified atom stereocenters. The Morgan fingerprint density at radius 1 is 1.45 bits per heavy atom. The van der Waals surface area contributed by atoms with Gasteiger partial charge in [0.05, 0.1) is 18.4 Å². The van der Waals surface area contributed by atoms with Crippen molar-refractivity contribution in [2.45, 2.75) is 31.8 Å². The summed E-state index contributed by atoms with van der Waals surface area (Å²) in [6.07, 6.45) is 3.06. The third-order valence-electron chi connectivity index (χ3n) is 4.04. The van der Waals surface area contributed by atoms with E-state index in [0.29, 0.717) is 17.3 Å². The molecule has 0 bridgehead atoms. The number of methoxy groups -OCH3 is 1. The lowest BCUT2D eigenvalue weighted by Gasteiger charge is -2.37. The van der Waals surface area contributed by atoms with Crippen molar-refractivity contribution in [1.29, 1.82) is 0 Å². The minimum Gasteiger partial charge on any atom is -0.495 e. The van der Waals surface area contributed by atoms with Crippen molar-refractivity contribution in [2.75, 3.05) is 26.5 Å². The summed E-state index contributed by atoms with van der Waals surface area (Å²) in [6, 6.07) is 5.93. The average Bonchev–Trinajstić information content (AvgIpc) is 2.45. The monoisotopic (exact) mass is 346 g/mol. The topological polar surface area (TPSA) is 58.6 Å². The molecule has 1 N–H and O–H groups in total. The summed E-state index contributed by atoms with van der Waals surface area (Å²) in [5, 5.41) is 0.592. The summed E-state index contributed by atoms with van der Waals surface area (Å²) in [7, 11) is -1.57. The largest absolute Gasteiger partial charge is 0.495 e. The third-order valence-corrected chi connectivity index (χ3v) is 5.10. The van der Waals surface area contributed by atoms with E-state index in [9.17, 15) is 8.42 Å². The second kappa shape index (κ2) is 7.17. The highest BCUT2D eigenvalue weighted by atomic mass is 35.5. The first-order valence-electron chi connectivity index (χ1n) is 7.35. The zero-order valence-electron chi connectivity index (χ0n) is 13.2. The van der Waals surface area contributed by atoms with Gasteiger partial charge in [-0.15, -0.1) is 0 Å². The van der Waals surface area contributed by atoms with Crippen molar-refractivity contribution in [3.05, 3.63) is 28.8 Å². The van der Waals surface area contributed by atoms with Crippen molar-refractivity contribution in [3.63, 3.8) is 0 Å². The number of rotatable bonds is 5. The van der Waals surface area contributed by atoms with Gasteiger partial charge in [-0.3, -0.25) is 4.90 Å². The van der Waals surface area contributed by atoms with Gasteiger partial charge in [0.2, 0.25) is 10.0 Å². The normalized spacial score (nSPS) is 21.5. The van der Waals surface area contributed by atoms with Gasteiger partial charge in [-0.05, 0) is 44.0 Å². The molecule has 5 nitrogen and oxygen atoms in total. The van der Waals surface area contributed by atoms with Crippen molar-refractivity contribution in [2.24, 2.45) is 0 Å². The van der Waals surface area contributed by atoms with Gasteiger partial charge in [-0.2, -0.15) is 0 Å². The predicted octanol–water partition coefficient (Wildman–Crippen LogP) is 2.42. The molecular weight excluding hydrogens is 324 g/mol. The zero-order valence-corrected chi connectivity index (χ0v) is 14.7. The Labute approximate surface area is 137 Å². The lowest BCUT2D eigenvalue weighted by Crippen LogP contribution is -2.47. The number of nitrogens with zero attached hydrogens (tertiary/aromatic N) is 1. The van der Waals surface area contributed by atoms with Crippen LogP contribution in [0, 0.1) is 0 Å². The summed E-state index contributed by atoms with van der Waals surface area (Å²) < 4.78 is 30.7. The fourth-order valence-electron chi connectivity index (χ4n) is 2.91. The standard InChI is InChI=1S/C15H23ClN2O3S/c1-11(12-6-7-15(21-2)14(16)9-12)18-8-4-5-13(10-18)17-22(3,19)20/h6-7,9,11,13,17H,4-5,8,10H2,1-3H3/t11-,13-/m0/s1. The summed E-state index contributed by atoms with van der Waals surface area (Å²) >= 11 is 6.19. The second-order valence-corrected chi connectivity index (χ2v) is 7.98. The van der Waals surface area contributed by atoms with Crippen molar-refractivity contribution >= 4 is 21.6 Å². The van der Waals surface area contributed by atoms with Crippen LogP contribution in [0.15, 0.2) is 18.2 Å². The summed E-state index contributed by atoms with van der Waals surface area (Å²) in [4.78, 5) is 2.28. The molecule has 0 aromatic heterocycles. The van der Waals surface area contributed by atoms with Gasteiger partial charge >= 0.3 is 0 Å². The van der Waals surface area contributed by atoms with Crippen LogP contribution in [-0.2, 0) is 10.0 Å². The molecule has 1 aromatic carbocycles. The highest BCUT2D eigenvalue weighted by Crippen LogP contribution is 2.31. The molecule has 1 aliphatic rings. The Morgan fingerprint density at radius 2 is 2.18 bits per heavy atom. The highest BCUT2D eigenvalue weighted by Gasteiger charge is 2.26. The van der Waals surface area contributed by atoms with Crippen molar-refractivity contribution in [3.8, 4) is 5.75 Å². The van der Waals surface area contributed by atoms with Gasteiger partial charge in [-0.1, -0.05) is 17.7 Å². The SMILES string of the molecule is COc1ccc([C@H](C)N2CCC[C@H](NS(C)(=O)=O)C2)cc1Cl. The first kappa shape index (κ1) is 17.5. The molecule has 0 radical (unpaired) electrons. The molecule has 0 saturated carbocycles. The Balaban J connectivity index is 2.08. The average molecular weight is 347 g/mol. The minimum atomic E-state index is -3.17. The van der Waals surface area contributed by atoms with E-state index in [4.69, 9.17) is 16.3 Å². The van der Waals surface area contributed by atoms with E-state index < -0.39 is 10.0 Å². The molecule has 1 fully saturated rings. The lowest BCUT2D eigenvalue weighted by atomic mass is 10.0. The maximum atomic E-state index is 11.4. The van der Waals surface area contributed by atoms with Gasteiger partial charge in [0.25, 0.3) is 0 Å². The van der Waals surface area contributed by atoms with Crippen LogP contribution in [-0.4, -0.2) is 45.8 Å². The second-order valence-electron chi connectivity index (χ2n) is 5.79. The molecular formula is C15H23ClN2O3S. The maximum absolute atomic E-state index is 11.4. The molecule has 124 valence electrons. The Kier molecular flexibility index (Phi) is 5.71. The van der Waals surface area contributed by atoms with Crippen LogP contribution < -0.4 is 9.46 Å². The van der Waals surface area contributed by atoms with Gasteiger partial charge in [0.15, 0.2) is 0 Å². The summed E-state index contributed by atoms with van der Waals surface area (Å²) in [5.41, 5.74) is 1.10. The molecule has 0 aliphatic carbocycles. The predicted molar refractivity (Wildman–Crippen MR) is 89.0 cm³/mol. The first-order valence-corrected chi connectivity index (χ1v) is 9.62. The highest BCUT2D eigenvalue weighted by molar-refractivity contribution is 7.88. The van der Waals surface area contributed by atoms with Gasteiger partial charge in [-0.25, -0.2) is 13.1 Å². The molecule has 1 aromatic rings. The van der Waals surface area contributed by atoms with E-state index in [1.165, 1.54) is 6.26 Å². The molecule has 7 heteroatoms. The number of sulfonamides is 1. The first-order chi connectivity index (χ1) is 10.3. The van der Waals surface area contributed by atoms with Crippen LogP contribution in [0.2, 0.25) is 5.02 Å². The summed E-state index contributed by atoms with van der Waals surface area (Å²) in [6.45, 7) is 3.77. The number of benzene rings is 1. The van der Waals surface area contributed by atoms with E-state index in [1.807, 2.05) is 18.2 Å². The fraction of sp³-hybridized carbons (Fsp3) is 0.600. The smallest absolute Gasteiger partial charge is 0.208 e. The van der Waals surface area contributed by atoms with Crippen LogP contribution in [0.4, 0.5) is 0 Å². The number of hydrogen-bond acceptors (Lipinski definition) is 4. The van der Waals surface area contributed by atoms with E-state index in [0.717, 1.165) is 24.9 Å². The van der Waals surface area contributed by atoms with Crippen LogP contribution in [0.3, 0.4) is 0 Å². The van der Waals surface area contributed by atoms with Gasteiger partial charge < -0.3 is 4.74 Å². The van der Waals surface area contributed by atoms with E-state index in [1.54, 1.807) is 7.11 Å². The van der Waals surface area contributed by atoms with Gasteiger partial charge in [0, 0.05) is 18.6 Å². The molecule has 1 saturated heterocycles. The van der Waals surface area contributed by atoms with Gasteiger partial charge in [0.1, 0.15) is 5.75 Å². The zero-order chi connectivity index (χ0) is 16.3. The number of ether oxygens (including phenoxy) is 1. The molecule has 0 amide bonds.